The van der Waals surface area contributed by atoms with Gasteiger partial charge in [0.05, 0.1) is 5.69 Å². The minimum atomic E-state index is -3.74. The maximum absolute atomic E-state index is 12.8. The zero-order valence-corrected chi connectivity index (χ0v) is 16.4. The first-order valence-electron chi connectivity index (χ1n) is 9.43. The molecule has 3 heterocycles. The Kier molecular flexibility index (Phi) is 4.92. The number of amidine groups is 1. The fourth-order valence-electron chi connectivity index (χ4n) is 3.64. The van der Waals surface area contributed by atoms with E-state index in [4.69, 9.17) is 4.52 Å². The van der Waals surface area contributed by atoms with Crippen LogP contribution in [-0.4, -0.2) is 43.3 Å². The molecule has 1 amide bonds. The minimum Gasteiger partial charge on any atom is -0.361 e. The lowest BCUT2D eigenvalue weighted by atomic mass is 9.96. The second-order valence-corrected chi connectivity index (χ2v) is 8.66. The van der Waals surface area contributed by atoms with Gasteiger partial charge in [0.1, 0.15) is 16.5 Å². The first-order chi connectivity index (χ1) is 13.5. The summed E-state index contributed by atoms with van der Waals surface area (Å²) in [5.74, 6) is 0.710. The van der Waals surface area contributed by atoms with Crippen molar-refractivity contribution in [3.63, 3.8) is 0 Å². The Morgan fingerprint density at radius 2 is 2.18 bits per heavy atom. The third-order valence-corrected chi connectivity index (χ3v) is 6.36. The van der Waals surface area contributed by atoms with Gasteiger partial charge in [-0.3, -0.25) is 4.79 Å². The molecule has 9 heteroatoms. The average Bonchev–Trinajstić information content (AvgIpc) is 3.16. The zero-order chi connectivity index (χ0) is 19.7. The number of likely N-dealkylation sites (tertiary alicyclic amines) is 1. The topological polar surface area (TPSA) is 105 Å². The predicted molar refractivity (Wildman–Crippen MR) is 104 cm³/mol. The largest absolute Gasteiger partial charge is 0.361 e. The SMILES string of the molecule is CCCc1cc(C(=O)N2CCC[C@@H](C3=NS(=O)(=O)c4ccccc4N3)C2)no1. The Bertz CT molecular complexity index is 1030. The summed E-state index contributed by atoms with van der Waals surface area (Å²) < 4.78 is 34.2. The van der Waals surface area contributed by atoms with Crippen molar-refractivity contribution in [2.45, 2.75) is 37.5 Å². The number of carbonyl (C=O) groups excluding carboxylic acids is 1. The van der Waals surface area contributed by atoms with Crippen LogP contribution in [0.15, 0.2) is 44.1 Å². The average molecular weight is 402 g/mol. The number of carbonyl (C=O) groups is 1. The quantitative estimate of drug-likeness (QED) is 0.843. The van der Waals surface area contributed by atoms with Gasteiger partial charge in [0, 0.05) is 31.5 Å². The molecule has 1 saturated heterocycles. The second kappa shape index (κ2) is 7.38. The van der Waals surface area contributed by atoms with Crippen molar-refractivity contribution in [1.29, 1.82) is 0 Å². The fraction of sp³-hybridized carbons (Fsp3) is 0.421. The van der Waals surface area contributed by atoms with Crippen molar-refractivity contribution < 1.29 is 17.7 Å². The second-order valence-electron chi connectivity index (χ2n) is 7.09. The van der Waals surface area contributed by atoms with Gasteiger partial charge in [-0.2, -0.15) is 8.42 Å². The van der Waals surface area contributed by atoms with Gasteiger partial charge in [-0.05, 0) is 31.4 Å². The van der Waals surface area contributed by atoms with E-state index < -0.39 is 10.0 Å². The molecule has 148 valence electrons. The van der Waals surface area contributed by atoms with Gasteiger partial charge in [0.15, 0.2) is 5.69 Å². The Morgan fingerprint density at radius 3 is 3.00 bits per heavy atom. The van der Waals surface area contributed by atoms with E-state index in [2.05, 4.69) is 14.9 Å². The maximum Gasteiger partial charge on any atom is 0.286 e. The van der Waals surface area contributed by atoms with Crippen LogP contribution in [0.4, 0.5) is 5.69 Å². The van der Waals surface area contributed by atoms with Crippen molar-refractivity contribution in [2.24, 2.45) is 10.3 Å². The molecule has 1 atom stereocenters. The number of piperidine rings is 1. The number of amides is 1. The predicted octanol–water partition coefficient (Wildman–Crippen LogP) is 2.69. The third-order valence-electron chi connectivity index (χ3n) is 5.02. The highest BCUT2D eigenvalue weighted by molar-refractivity contribution is 7.90. The highest BCUT2D eigenvalue weighted by Crippen LogP contribution is 2.30. The van der Waals surface area contributed by atoms with Crippen molar-refractivity contribution >= 4 is 27.5 Å². The number of para-hydroxylation sites is 1. The number of aryl methyl sites for hydroxylation is 1. The summed E-state index contributed by atoms with van der Waals surface area (Å²) in [4.78, 5) is 14.7. The van der Waals surface area contributed by atoms with E-state index in [1.54, 1.807) is 29.2 Å². The van der Waals surface area contributed by atoms with Crippen LogP contribution in [0, 0.1) is 5.92 Å². The number of hydrogen-bond donors (Lipinski definition) is 1. The Balaban J connectivity index is 1.53. The molecule has 0 aliphatic carbocycles. The lowest BCUT2D eigenvalue weighted by Gasteiger charge is -2.34. The summed E-state index contributed by atoms with van der Waals surface area (Å²) in [6, 6.07) is 8.39. The normalized spacial score (nSPS) is 20.8. The molecule has 1 aromatic carbocycles. The van der Waals surface area contributed by atoms with Crippen molar-refractivity contribution in [2.75, 3.05) is 18.4 Å². The monoisotopic (exact) mass is 402 g/mol. The number of aromatic nitrogens is 1. The van der Waals surface area contributed by atoms with Gasteiger partial charge in [-0.25, -0.2) is 0 Å². The molecule has 2 aliphatic heterocycles. The summed E-state index contributed by atoms with van der Waals surface area (Å²) in [5, 5.41) is 7.03. The molecule has 1 N–H and O–H groups in total. The number of anilines is 1. The molecule has 0 saturated carbocycles. The van der Waals surface area contributed by atoms with Crippen molar-refractivity contribution in [3.8, 4) is 0 Å². The standard InChI is InChI=1S/C19H22N4O4S/c1-2-6-14-11-16(21-27-14)19(24)23-10-5-7-13(12-23)18-20-15-8-3-4-9-17(15)28(25,26)22-18/h3-4,8-9,11,13H,2,5-7,10,12H2,1H3,(H,20,22)/t13-/m1/s1. The van der Waals surface area contributed by atoms with Crippen LogP contribution >= 0.6 is 0 Å². The van der Waals surface area contributed by atoms with Crippen LogP contribution in [0.2, 0.25) is 0 Å². The first kappa shape index (κ1) is 18.7. The molecule has 0 radical (unpaired) electrons. The number of benzene rings is 1. The van der Waals surface area contributed by atoms with E-state index in [1.165, 1.54) is 6.07 Å². The van der Waals surface area contributed by atoms with Gasteiger partial charge in [-0.1, -0.05) is 24.2 Å². The summed E-state index contributed by atoms with van der Waals surface area (Å²) in [6.45, 7) is 3.02. The lowest BCUT2D eigenvalue weighted by molar-refractivity contribution is 0.0692. The van der Waals surface area contributed by atoms with Crippen LogP contribution in [0.5, 0.6) is 0 Å². The first-order valence-corrected chi connectivity index (χ1v) is 10.9. The molecule has 8 nitrogen and oxygen atoms in total. The highest BCUT2D eigenvalue weighted by Gasteiger charge is 2.33. The molecule has 0 spiro atoms. The smallest absolute Gasteiger partial charge is 0.286 e. The van der Waals surface area contributed by atoms with E-state index >= 15 is 0 Å². The van der Waals surface area contributed by atoms with Crippen molar-refractivity contribution in [1.82, 2.24) is 10.1 Å². The summed E-state index contributed by atoms with van der Waals surface area (Å²) >= 11 is 0. The Morgan fingerprint density at radius 1 is 1.36 bits per heavy atom. The van der Waals surface area contributed by atoms with E-state index in [9.17, 15) is 13.2 Å². The summed E-state index contributed by atoms with van der Waals surface area (Å²) in [7, 11) is -3.74. The van der Waals surface area contributed by atoms with Crippen LogP contribution in [0.3, 0.4) is 0 Å². The zero-order valence-electron chi connectivity index (χ0n) is 15.6. The number of hydrogen-bond acceptors (Lipinski definition) is 6. The molecule has 0 bridgehead atoms. The molecule has 1 aromatic heterocycles. The molecule has 4 rings (SSSR count). The van der Waals surface area contributed by atoms with Gasteiger partial charge < -0.3 is 14.7 Å². The maximum atomic E-state index is 12.8. The van der Waals surface area contributed by atoms with Crippen LogP contribution in [0.25, 0.3) is 0 Å². The number of sulfonamides is 1. The van der Waals surface area contributed by atoms with Crippen molar-refractivity contribution in [3.05, 3.63) is 41.8 Å². The number of nitrogens with one attached hydrogen (secondary N) is 1. The minimum absolute atomic E-state index is 0.175. The molecule has 1 fully saturated rings. The van der Waals surface area contributed by atoms with Gasteiger partial charge >= 0.3 is 0 Å². The molecule has 28 heavy (non-hydrogen) atoms. The van der Waals surface area contributed by atoms with Crippen LogP contribution in [-0.2, 0) is 16.4 Å². The van der Waals surface area contributed by atoms with Gasteiger partial charge in [-0.15, -0.1) is 4.40 Å². The Labute approximate surface area is 163 Å². The summed E-state index contributed by atoms with van der Waals surface area (Å²) in [6.07, 6.45) is 3.17. The van der Waals surface area contributed by atoms with Gasteiger partial charge in [0.2, 0.25) is 0 Å². The molecular weight excluding hydrogens is 380 g/mol. The Hall–Kier alpha value is -2.68. The van der Waals surface area contributed by atoms with E-state index in [1.807, 2.05) is 6.92 Å². The van der Waals surface area contributed by atoms with Crippen LogP contribution < -0.4 is 5.32 Å². The fourth-order valence-corrected chi connectivity index (χ4v) is 4.84. The summed E-state index contributed by atoms with van der Waals surface area (Å²) in [5.41, 5.74) is 0.817. The highest BCUT2D eigenvalue weighted by atomic mass is 32.2. The number of rotatable bonds is 4. The van der Waals surface area contributed by atoms with E-state index in [0.717, 1.165) is 25.7 Å². The van der Waals surface area contributed by atoms with E-state index in [-0.39, 0.29) is 16.7 Å². The van der Waals surface area contributed by atoms with E-state index in [0.29, 0.717) is 36.1 Å². The van der Waals surface area contributed by atoms with Crippen LogP contribution in [0.1, 0.15) is 42.4 Å². The molecule has 0 unspecified atom stereocenters. The molecule has 2 aromatic rings. The third kappa shape index (κ3) is 3.54. The number of nitrogens with zero attached hydrogens (tertiary/aromatic N) is 3. The molecule has 2 aliphatic rings. The lowest BCUT2D eigenvalue weighted by Crippen LogP contribution is -2.44. The molecular formula is C19H22N4O4S. The van der Waals surface area contributed by atoms with Gasteiger partial charge in [0.25, 0.3) is 15.9 Å². The number of fused-ring (bicyclic) bond motifs is 1.